The standard InChI is InChI=1S/C8H10AsNO5.C7H6O2/c1-5(11)10-6-2-3-7(8(12)4-6)9(13,14)15;8-7(9)6-4-2-1-3-5-6/h2-4,12H,1H3,(H,10,11)(H2,13,14,15);1-5H,(H,8,9). The zero-order valence-corrected chi connectivity index (χ0v) is 14.5. The maximum Gasteiger partial charge on any atom is 0.335 e. The summed E-state index contributed by atoms with van der Waals surface area (Å²) in [6.45, 7) is 1.29. The molecular weight excluding hydrogens is 381 g/mol. The van der Waals surface area contributed by atoms with E-state index in [2.05, 4.69) is 5.32 Å². The summed E-state index contributed by atoms with van der Waals surface area (Å²) in [5.41, 5.74) is 0.616. The number of phenolic OH excluding ortho intramolecular Hbond substituents is 1. The molecular formula is C15H16AsNO7. The average molecular weight is 397 g/mol. The monoisotopic (exact) mass is 397 g/mol. The minimum Gasteiger partial charge on any atom is -0.478 e. The van der Waals surface area contributed by atoms with Gasteiger partial charge in [-0.05, 0) is 12.1 Å². The molecule has 0 radical (unpaired) electrons. The van der Waals surface area contributed by atoms with E-state index in [1.54, 1.807) is 30.3 Å². The Hall–Kier alpha value is -2.54. The van der Waals surface area contributed by atoms with Crippen LogP contribution >= 0.6 is 0 Å². The zero-order chi connectivity index (χ0) is 18.3. The minimum atomic E-state index is -5.09. The van der Waals surface area contributed by atoms with Gasteiger partial charge in [0.2, 0.25) is 0 Å². The third-order valence-corrected chi connectivity index (χ3v) is 4.74. The van der Waals surface area contributed by atoms with Crippen LogP contribution in [0.2, 0.25) is 0 Å². The summed E-state index contributed by atoms with van der Waals surface area (Å²) in [5, 5.41) is 20.1. The third kappa shape index (κ3) is 6.29. The van der Waals surface area contributed by atoms with E-state index >= 15 is 0 Å². The Kier molecular flexibility index (Phi) is 6.79. The number of phenols is 1. The topological polar surface area (TPSA) is 144 Å². The molecule has 9 heteroatoms. The van der Waals surface area contributed by atoms with E-state index in [1.165, 1.54) is 13.0 Å². The number of anilines is 1. The Morgan fingerprint density at radius 1 is 1.04 bits per heavy atom. The second-order valence-electron chi connectivity index (χ2n) is 4.60. The molecule has 2 rings (SSSR count). The van der Waals surface area contributed by atoms with Crippen molar-refractivity contribution in [3.8, 4) is 5.75 Å². The van der Waals surface area contributed by atoms with E-state index in [-0.39, 0.29) is 11.6 Å². The van der Waals surface area contributed by atoms with Crippen molar-refractivity contribution in [1.82, 2.24) is 0 Å². The van der Waals surface area contributed by atoms with E-state index in [4.69, 9.17) is 13.3 Å². The number of hydrogen-bond acceptors (Lipinski definition) is 4. The van der Waals surface area contributed by atoms with Crippen molar-refractivity contribution in [2.45, 2.75) is 6.92 Å². The van der Waals surface area contributed by atoms with Gasteiger partial charge in [0.25, 0.3) is 0 Å². The molecule has 0 heterocycles. The van der Waals surface area contributed by atoms with Gasteiger partial charge in [0.15, 0.2) is 0 Å². The summed E-state index contributed by atoms with van der Waals surface area (Å²) in [4.78, 5) is 20.9. The Morgan fingerprint density at radius 2 is 1.62 bits per heavy atom. The van der Waals surface area contributed by atoms with Crippen LogP contribution in [0.5, 0.6) is 5.75 Å². The van der Waals surface area contributed by atoms with E-state index in [0.717, 1.165) is 12.1 Å². The number of benzene rings is 2. The first-order chi connectivity index (χ1) is 11.1. The fourth-order valence-corrected chi connectivity index (χ4v) is 2.96. The Balaban J connectivity index is 0.000000272. The zero-order valence-electron chi connectivity index (χ0n) is 12.6. The Morgan fingerprint density at radius 3 is 2.00 bits per heavy atom. The molecule has 2 aromatic rings. The van der Waals surface area contributed by atoms with Gasteiger partial charge in [0.1, 0.15) is 0 Å². The number of carboxylic acids is 1. The number of carbonyl (C=O) groups excluding carboxylic acids is 1. The first kappa shape index (κ1) is 19.5. The molecule has 0 saturated heterocycles. The summed E-state index contributed by atoms with van der Waals surface area (Å²) in [6.07, 6.45) is 0. The van der Waals surface area contributed by atoms with Crippen molar-refractivity contribution >= 4 is 36.1 Å². The van der Waals surface area contributed by atoms with Gasteiger partial charge >= 0.3 is 94.1 Å². The van der Waals surface area contributed by atoms with E-state index < -0.39 is 30.2 Å². The SMILES string of the molecule is CC(=O)Nc1ccc([As](=O)(O)O)c(O)c1.O=C(O)c1ccccc1. The molecule has 0 bridgehead atoms. The third-order valence-electron chi connectivity index (χ3n) is 2.63. The fourth-order valence-electron chi connectivity index (χ4n) is 1.63. The number of aromatic carboxylic acids is 1. The van der Waals surface area contributed by atoms with Gasteiger partial charge in [-0.25, -0.2) is 4.79 Å². The van der Waals surface area contributed by atoms with Gasteiger partial charge in [0.05, 0.1) is 5.56 Å². The van der Waals surface area contributed by atoms with Crippen LogP contribution in [-0.4, -0.2) is 44.5 Å². The van der Waals surface area contributed by atoms with Crippen molar-refractivity contribution in [3.63, 3.8) is 0 Å². The molecule has 0 aliphatic carbocycles. The normalized spacial score (nSPS) is 10.3. The Labute approximate surface area is 140 Å². The number of rotatable bonds is 3. The molecule has 128 valence electrons. The summed E-state index contributed by atoms with van der Waals surface area (Å²) in [5.74, 6) is -1.73. The average Bonchev–Trinajstić information content (AvgIpc) is 2.47. The summed E-state index contributed by atoms with van der Waals surface area (Å²) < 4.78 is 28.2. The first-order valence-electron chi connectivity index (χ1n) is 6.56. The molecule has 0 aliphatic heterocycles. The number of nitrogens with one attached hydrogen (secondary N) is 1. The molecule has 0 fully saturated rings. The fraction of sp³-hybridized carbons (Fsp3) is 0.0667. The maximum atomic E-state index is 10.9. The quantitative estimate of drug-likeness (QED) is 0.469. The minimum absolute atomic E-state index is 0.285. The maximum absolute atomic E-state index is 10.9. The van der Waals surface area contributed by atoms with Gasteiger partial charge in [-0.15, -0.1) is 0 Å². The number of hydrogen-bond donors (Lipinski definition) is 5. The summed E-state index contributed by atoms with van der Waals surface area (Å²) in [6, 6.07) is 11.8. The molecule has 0 aromatic heterocycles. The van der Waals surface area contributed by atoms with Gasteiger partial charge in [-0.2, -0.15) is 0 Å². The number of amides is 1. The number of carboxylic acid groups (broad SMARTS) is 1. The second-order valence-corrected chi connectivity index (χ2v) is 7.89. The summed E-state index contributed by atoms with van der Waals surface area (Å²) in [7, 11) is 0. The molecule has 0 aliphatic rings. The predicted octanol–water partition coefficient (Wildman–Crippen LogP) is 0.296. The van der Waals surface area contributed by atoms with Crippen LogP contribution in [0.1, 0.15) is 17.3 Å². The first-order valence-corrected chi connectivity index (χ1v) is 9.94. The smallest absolute Gasteiger partial charge is 0.335 e. The number of carbonyl (C=O) groups is 2. The number of aromatic hydroxyl groups is 1. The van der Waals surface area contributed by atoms with Crippen molar-refractivity contribution in [2.75, 3.05) is 5.32 Å². The van der Waals surface area contributed by atoms with Crippen LogP contribution in [0, 0.1) is 0 Å². The molecule has 2 aromatic carbocycles. The van der Waals surface area contributed by atoms with Crippen LogP contribution in [0.25, 0.3) is 0 Å². The predicted molar refractivity (Wildman–Crippen MR) is 86.3 cm³/mol. The van der Waals surface area contributed by atoms with Gasteiger partial charge < -0.3 is 5.11 Å². The van der Waals surface area contributed by atoms with Crippen LogP contribution in [0.15, 0.2) is 48.5 Å². The molecule has 0 unspecified atom stereocenters. The summed E-state index contributed by atoms with van der Waals surface area (Å²) >= 11 is -5.09. The molecule has 0 saturated carbocycles. The largest absolute Gasteiger partial charge is 0.478 e. The molecule has 5 N–H and O–H groups in total. The van der Waals surface area contributed by atoms with Gasteiger partial charge in [0, 0.05) is 0 Å². The van der Waals surface area contributed by atoms with E-state index in [1.807, 2.05) is 0 Å². The van der Waals surface area contributed by atoms with E-state index in [9.17, 15) is 18.4 Å². The van der Waals surface area contributed by atoms with Crippen LogP contribution in [-0.2, 0) is 8.53 Å². The van der Waals surface area contributed by atoms with Crippen molar-refractivity contribution in [3.05, 3.63) is 54.1 Å². The van der Waals surface area contributed by atoms with E-state index in [0.29, 0.717) is 5.56 Å². The molecule has 1 amide bonds. The molecule has 24 heavy (non-hydrogen) atoms. The van der Waals surface area contributed by atoms with Crippen LogP contribution in [0.4, 0.5) is 5.69 Å². The van der Waals surface area contributed by atoms with Crippen LogP contribution in [0.3, 0.4) is 0 Å². The van der Waals surface area contributed by atoms with Crippen molar-refractivity contribution in [2.24, 2.45) is 0 Å². The molecule has 0 atom stereocenters. The van der Waals surface area contributed by atoms with Crippen molar-refractivity contribution in [1.29, 1.82) is 0 Å². The molecule has 8 nitrogen and oxygen atoms in total. The molecule has 0 spiro atoms. The van der Waals surface area contributed by atoms with Gasteiger partial charge in [-0.3, -0.25) is 0 Å². The second kappa shape index (κ2) is 8.35. The van der Waals surface area contributed by atoms with Gasteiger partial charge in [-0.1, -0.05) is 18.2 Å². The van der Waals surface area contributed by atoms with Crippen molar-refractivity contribution < 1.29 is 31.7 Å². The Bertz CT molecular complexity index is 771. The van der Waals surface area contributed by atoms with Crippen LogP contribution < -0.4 is 9.67 Å².